The number of H-pyrrole nitrogens is 1. The number of anilines is 1. The lowest BCUT2D eigenvalue weighted by Crippen LogP contribution is -2.35. The summed E-state index contributed by atoms with van der Waals surface area (Å²) in [6.07, 6.45) is 2.87. The van der Waals surface area contributed by atoms with E-state index in [1.807, 2.05) is 30.3 Å². The molecule has 0 aliphatic carbocycles. The molecule has 36 heavy (non-hydrogen) atoms. The van der Waals surface area contributed by atoms with Gasteiger partial charge in [0.15, 0.2) is 17.1 Å². The zero-order valence-electron chi connectivity index (χ0n) is 19.2. The van der Waals surface area contributed by atoms with E-state index in [1.54, 1.807) is 36.0 Å². The van der Waals surface area contributed by atoms with Gasteiger partial charge in [-0.3, -0.25) is 19.3 Å². The number of hydrogen-bond donors (Lipinski definition) is 3. The van der Waals surface area contributed by atoms with Crippen LogP contribution in [-0.4, -0.2) is 56.9 Å². The van der Waals surface area contributed by atoms with Gasteiger partial charge in [0.1, 0.15) is 12.7 Å². The lowest BCUT2D eigenvalue weighted by atomic mass is 10.1. The molecule has 4 heterocycles. The van der Waals surface area contributed by atoms with Crippen LogP contribution in [-0.2, 0) is 0 Å². The third kappa shape index (κ3) is 3.66. The van der Waals surface area contributed by atoms with Crippen molar-refractivity contribution in [3.63, 3.8) is 0 Å². The molecular weight excluding hydrogens is 462 g/mol. The van der Waals surface area contributed by atoms with Crippen LogP contribution in [0, 0.1) is 0 Å². The van der Waals surface area contributed by atoms with Gasteiger partial charge in [0, 0.05) is 18.8 Å². The third-order valence-corrected chi connectivity index (χ3v) is 5.98. The topological polar surface area (TPSA) is 136 Å². The standard InChI is InChI=1S/C25H21N7O4/c1-26-23(33)14-7-8-19-20(9-14)35-13-16(36-19)10-27-25-28-11-17-21-18(12-29-31-21)24(34)32(22(17)30-25)15-5-3-2-4-6-15/h2-9,11-12,16H,10,13H2,1H3,(H,26,33)(H,29,31)(H,27,28,30). The number of rotatable bonds is 5. The van der Waals surface area contributed by atoms with E-state index in [0.717, 1.165) is 0 Å². The van der Waals surface area contributed by atoms with Crippen molar-refractivity contribution in [2.45, 2.75) is 6.10 Å². The number of para-hydroxylation sites is 1. The molecule has 5 aromatic rings. The highest BCUT2D eigenvalue weighted by atomic mass is 16.6. The van der Waals surface area contributed by atoms with Crippen molar-refractivity contribution in [3.05, 3.63) is 76.8 Å². The predicted molar refractivity (Wildman–Crippen MR) is 133 cm³/mol. The van der Waals surface area contributed by atoms with Crippen molar-refractivity contribution < 1.29 is 14.3 Å². The number of ether oxygens (including phenoxy) is 2. The lowest BCUT2D eigenvalue weighted by Gasteiger charge is -2.27. The number of hydrogen-bond acceptors (Lipinski definition) is 8. The number of fused-ring (bicyclic) bond motifs is 4. The summed E-state index contributed by atoms with van der Waals surface area (Å²) < 4.78 is 13.4. The van der Waals surface area contributed by atoms with E-state index in [-0.39, 0.29) is 24.2 Å². The first kappa shape index (κ1) is 21.6. The second-order valence-corrected chi connectivity index (χ2v) is 8.24. The minimum Gasteiger partial charge on any atom is -0.486 e. The molecule has 2 aromatic carbocycles. The van der Waals surface area contributed by atoms with E-state index in [4.69, 9.17) is 9.47 Å². The molecule has 6 rings (SSSR count). The summed E-state index contributed by atoms with van der Waals surface area (Å²) >= 11 is 0. The van der Waals surface area contributed by atoms with Gasteiger partial charge in [0.25, 0.3) is 11.5 Å². The van der Waals surface area contributed by atoms with Gasteiger partial charge in [-0.05, 0) is 30.3 Å². The highest BCUT2D eigenvalue weighted by Gasteiger charge is 2.23. The average molecular weight is 483 g/mol. The Labute approximate surface area is 204 Å². The van der Waals surface area contributed by atoms with Gasteiger partial charge in [-0.25, -0.2) is 4.98 Å². The number of aromatic amines is 1. The molecule has 1 amide bonds. The zero-order valence-corrected chi connectivity index (χ0v) is 19.2. The molecular formula is C25H21N7O4. The fourth-order valence-corrected chi connectivity index (χ4v) is 4.20. The van der Waals surface area contributed by atoms with Crippen LogP contribution in [0.15, 0.2) is 65.7 Å². The Bertz CT molecular complexity index is 1660. The summed E-state index contributed by atoms with van der Waals surface area (Å²) in [6.45, 7) is 0.651. The molecule has 1 atom stereocenters. The summed E-state index contributed by atoms with van der Waals surface area (Å²) in [5.74, 6) is 1.22. The van der Waals surface area contributed by atoms with Crippen molar-refractivity contribution in [2.75, 3.05) is 25.5 Å². The molecule has 3 aromatic heterocycles. The van der Waals surface area contributed by atoms with Gasteiger partial charge in [-0.2, -0.15) is 10.1 Å². The first-order valence-electron chi connectivity index (χ1n) is 11.3. The van der Waals surface area contributed by atoms with Crippen LogP contribution >= 0.6 is 0 Å². The van der Waals surface area contributed by atoms with Crippen molar-refractivity contribution in [1.29, 1.82) is 0 Å². The molecule has 11 heteroatoms. The summed E-state index contributed by atoms with van der Waals surface area (Å²) in [7, 11) is 1.58. The van der Waals surface area contributed by atoms with E-state index >= 15 is 0 Å². The van der Waals surface area contributed by atoms with E-state index in [0.29, 0.717) is 57.2 Å². The number of amides is 1. The Morgan fingerprint density at radius 1 is 1.14 bits per heavy atom. The molecule has 1 aliphatic rings. The summed E-state index contributed by atoms with van der Waals surface area (Å²) in [5.41, 5.74) is 2.01. The second-order valence-electron chi connectivity index (χ2n) is 8.24. The van der Waals surface area contributed by atoms with E-state index < -0.39 is 0 Å². The number of pyridine rings is 1. The molecule has 1 unspecified atom stereocenters. The first-order valence-corrected chi connectivity index (χ1v) is 11.3. The summed E-state index contributed by atoms with van der Waals surface area (Å²) in [4.78, 5) is 34.2. The van der Waals surface area contributed by atoms with Crippen LogP contribution < -0.4 is 25.7 Å². The van der Waals surface area contributed by atoms with Crippen LogP contribution in [0.25, 0.3) is 27.6 Å². The maximum Gasteiger partial charge on any atom is 0.267 e. The molecule has 180 valence electrons. The van der Waals surface area contributed by atoms with E-state index in [9.17, 15) is 9.59 Å². The number of carbonyl (C=O) groups is 1. The molecule has 0 radical (unpaired) electrons. The molecule has 0 fully saturated rings. The fraction of sp³-hybridized carbons (Fsp3) is 0.160. The van der Waals surface area contributed by atoms with Gasteiger partial charge >= 0.3 is 0 Å². The van der Waals surface area contributed by atoms with Gasteiger partial charge in [-0.1, -0.05) is 18.2 Å². The molecule has 0 saturated carbocycles. The molecule has 11 nitrogen and oxygen atoms in total. The van der Waals surface area contributed by atoms with Crippen LogP contribution in [0.5, 0.6) is 11.5 Å². The predicted octanol–water partition coefficient (Wildman–Crippen LogP) is 2.27. The number of nitrogens with one attached hydrogen (secondary N) is 3. The Morgan fingerprint density at radius 2 is 2.00 bits per heavy atom. The molecule has 0 spiro atoms. The minimum atomic E-state index is -0.311. The van der Waals surface area contributed by atoms with Crippen molar-refractivity contribution >= 4 is 33.8 Å². The maximum atomic E-state index is 13.3. The Hall–Kier alpha value is -4.93. The highest BCUT2D eigenvalue weighted by Crippen LogP contribution is 2.32. The number of benzene rings is 2. The van der Waals surface area contributed by atoms with Crippen molar-refractivity contribution in [3.8, 4) is 17.2 Å². The number of carbonyl (C=O) groups excluding carboxylic acids is 1. The zero-order chi connectivity index (χ0) is 24.6. The maximum absolute atomic E-state index is 13.3. The van der Waals surface area contributed by atoms with Gasteiger partial charge < -0.3 is 20.1 Å². The van der Waals surface area contributed by atoms with Gasteiger partial charge in [0.05, 0.1) is 34.7 Å². The molecule has 0 saturated heterocycles. The molecule has 0 bridgehead atoms. The van der Waals surface area contributed by atoms with E-state index in [2.05, 4.69) is 30.8 Å². The monoisotopic (exact) mass is 483 g/mol. The summed E-state index contributed by atoms with van der Waals surface area (Å²) in [5, 5.41) is 13.8. The van der Waals surface area contributed by atoms with Crippen LogP contribution in [0.1, 0.15) is 10.4 Å². The van der Waals surface area contributed by atoms with Crippen LogP contribution in [0.2, 0.25) is 0 Å². The third-order valence-electron chi connectivity index (χ3n) is 5.98. The second kappa shape index (κ2) is 8.69. The Kier molecular flexibility index (Phi) is 5.21. The largest absolute Gasteiger partial charge is 0.486 e. The lowest BCUT2D eigenvalue weighted by molar-refractivity contribution is 0.0947. The van der Waals surface area contributed by atoms with Crippen molar-refractivity contribution in [1.82, 2.24) is 30.0 Å². The number of nitrogens with zero attached hydrogens (tertiary/aromatic N) is 4. The fourth-order valence-electron chi connectivity index (χ4n) is 4.20. The van der Waals surface area contributed by atoms with Crippen LogP contribution in [0.4, 0.5) is 5.95 Å². The van der Waals surface area contributed by atoms with Crippen molar-refractivity contribution in [2.24, 2.45) is 0 Å². The van der Waals surface area contributed by atoms with Gasteiger partial charge in [0.2, 0.25) is 5.95 Å². The SMILES string of the molecule is CNC(=O)c1ccc2c(c1)OCC(CNc1ncc3c4[nH]ncc4c(=O)n(-c4ccccc4)c3n1)O2. The smallest absolute Gasteiger partial charge is 0.267 e. The average Bonchev–Trinajstić information content (AvgIpc) is 3.42. The Balaban J connectivity index is 1.28. The number of aromatic nitrogens is 5. The van der Waals surface area contributed by atoms with E-state index in [1.165, 1.54) is 6.20 Å². The quantitative estimate of drug-likeness (QED) is 0.346. The normalized spacial score (nSPS) is 14.6. The molecule has 1 aliphatic heterocycles. The Morgan fingerprint density at radius 3 is 2.83 bits per heavy atom. The highest BCUT2D eigenvalue weighted by molar-refractivity contribution is 6.02. The van der Waals surface area contributed by atoms with Gasteiger partial charge in [-0.15, -0.1) is 0 Å². The first-order chi connectivity index (χ1) is 17.6. The minimum absolute atomic E-state index is 0.194. The molecule has 3 N–H and O–H groups in total. The summed E-state index contributed by atoms with van der Waals surface area (Å²) in [6, 6.07) is 14.4. The van der Waals surface area contributed by atoms with Crippen LogP contribution in [0.3, 0.4) is 0 Å².